The molecule has 0 saturated carbocycles. The predicted molar refractivity (Wildman–Crippen MR) is 58.6 cm³/mol. The van der Waals surface area contributed by atoms with Gasteiger partial charge in [0.05, 0.1) is 0 Å². The Hall–Kier alpha value is -0.960. The monoisotopic (exact) mass is 210 g/mol. The van der Waals surface area contributed by atoms with Crippen LogP contribution in [0.4, 0.5) is 0 Å². The molecule has 2 nitrogen and oxygen atoms in total. The molecule has 1 aromatic rings. The van der Waals surface area contributed by atoms with Gasteiger partial charge in [0.25, 0.3) is 0 Å². The zero-order valence-electron chi connectivity index (χ0n) is 8.36. The Labute approximate surface area is 88.3 Å². The van der Waals surface area contributed by atoms with Gasteiger partial charge < -0.3 is 5.11 Å². The van der Waals surface area contributed by atoms with Crippen LogP contribution in [0.25, 0.3) is 0 Å². The molecule has 76 valence electrons. The summed E-state index contributed by atoms with van der Waals surface area (Å²) in [5.41, 5.74) is 0. The molecule has 0 aliphatic heterocycles. The Bertz CT molecular complexity index is 310. The lowest BCUT2D eigenvalue weighted by atomic mass is 10.1. The number of thioether (sulfide) groups is 1. The van der Waals surface area contributed by atoms with Crippen molar-refractivity contribution in [1.82, 2.24) is 0 Å². The second-order valence-corrected chi connectivity index (χ2v) is 4.88. The molecule has 0 spiro atoms. The van der Waals surface area contributed by atoms with Crippen molar-refractivity contribution in [2.45, 2.75) is 29.9 Å². The van der Waals surface area contributed by atoms with Crippen LogP contribution < -0.4 is 0 Å². The zero-order valence-corrected chi connectivity index (χ0v) is 9.17. The third-order valence-electron chi connectivity index (χ3n) is 2.21. The normalized spacial score (nSPS) is 14.7. The van der Waals surface area contributed by atoms with E-state index in [9.17, 15) is 4.79 Å². The van der Waals surface area contributed by atoms with E-state index in [1.165, 1.54) is 11.8 Å². The SMILES string of the molecule is CCC(C)(Sc1ccccc1)C(=O)O. The molecular weight excluding hydrogens is 196 g/mol. The molecule has 1 unspecified atom stereocenters. The Morgan fingerprint density at radius 1 is 1.43 bits per heavy atom. The van der Waals surface area contributed by atoms with Crippen molar-refractivity contribution >= 4 is 17.7 Å². The van der Waals surface area contributed by atoms with Gasteiger partial charge in [-0.1, -0.05) is 25.1 Å². The van der Waals surface area contributed by atoms with E-state index in [2.05, 4.69) is 0 Å². The van der Waals surface area contributed by atoms with Crippen LogP contribution in [0.1, 0.15) is 20.3 Å². The minimum absolute atomic E-state index is 0.613. The summed E-state index contributed by atoms with van der Waals surface area (Å²) >= 11 is 1.40. The summed E-state index contributed by atoms with van der Waals surface area (Å²) in [6.07, 6.45) is 0.613. The summed E-state index contributed by atoms with van der Waals surface area (Å²) in [4.78, 5) is 12.0. The average molecular weight is 210 g/mol. The van der Waals surface area contributed by atoms with Gasteiger partial charge in [-0.15, -0.1) is 11.8 Å². The van der Waals surface area contributed by atoms with E-state index in [1.807, 2.05) is 37.3 Å². The number of carboxylic acids is 1. The molecule has 0 saturated heterocycles. The van der Waals surface area contributed by atoms with Crippen LogP contribution in [0.2, 0.25) is 0 Å². The largest absolute Gasteiger partial charge is 0.480 e. The van der Waals surface area contributed by atoms with Crippen LogP contribution in [0.3, 0.4) is 0 Å². The highest BCUT2D eigenvalue weighted by Gasteiger charge is 2.32. The highest BCUT2D eigenvalue weighted by molar-refractivity contribution is 8.01. The van der Waals surface area contributed by atoms with Crippen molar-refractivity contribution < 1.29 is 9.90 Å². The lowest BCUT2D eigenvalue weighted by Crippen LogP contribution is -2.30. The highest BCUT2D eigenvalue weighted by Crippen LogP contribution is 2.35. The molecule has 0 bridgehead atoms. The Morgan fingerprint density at radius 3 is 2.43 bits per heavy atom. The first-order chi connectivity index (χ1) is 6.58. The first kappa shape index (κ1) is 11.1. The fourth-order valence-electron chi connectivity index (χ4n) is 1.02. The molecule has 1 rings (SSSR count). The first-order valence-corrected chi connectivity index (χ1v) is 5.37. The van der Waals surface area contributed by atoms with Gasteiger partial charge in [-0.2, -0.15) is 0 Å². The lowest BCUT2D eigenvalue weighted by molar-refractivity contribution is -0.139. The number of aliphatic carboxylic acids is 1. The van der Waals surface area contributed by atoms with E-state index < -0.39 is 10.7 Å². The van der Waals surface area contributed by atoms with E-state index in [0.29, 0.717) is 6.42 Å². The summed E-state index contributed by atoms with van der Waals surface area (Å²) in [7, 11) is 0. The molecule has 14 heavy (non-hydrogen) atoms. The fraction of sp³-hybridized carbons (Fsp3) is 0.364. The molecule has 0 aliphatic carbocycles. The lowest BCUT2D eigenvalue weighted by Gasteiger charge is -2.21. The quantitative estimate of drug-likeness (QED) is 0.776. The number of benzene rings is 1. The minimum atomic E-state index is -0.756. The van der Waals surface area contributed by atoms with Crippen LogP contribution >= 0.6 is 11.8 Å². The van der Waals surface area contributed by atoms with Crippen LogP contribution in [0, 0.1) is 0 Å². The molecule has 0 radical (unpaired) electrons. The van der Waals surface area contributed by atoms with Gasteiger partial charge in [0.2, 0.25) is 0 Å². The Morgan fingerprint density at radius 2 is 2.00 bits per heavy atom. The molecule has 0 heterocycles. The molecule has 1 N–H and O–H groups in total. The zero-order chi connectivity index (χ0) is 10.6. The van der Waals surface area contributed by atoms with Crippen LogP contribution in [-0.4, -0.2) is 15.8 Å². The van der Waals surface area contributed by atoms with Gasteiger partial charge in [-0.05, 0) is 25.5 Å². The minimum Gasteiger partial charge on any atom is -0.480 e. The standard InChI is InChI=1S/C11H14O2S/c1-3-11(2,10(12)13)14-9-7-5-4-6-8-9/h4-8H,3H2,1-2H3,(H,12,13). The maximum Gasteiger partial charge on any atom is 0.319 e. The van der Waals surface area contributed by atoms with E-state index in [-0.39, 0.29) is 0 Å². The maximum absolute atomic E-state index is 11.0. The third-order valence-corrected chi connectivity index (χ3v) is 3.64. The second-order valence-electron chi connectivity index (χ2n) is 3.30. The van der Waals surface area contributed by atoms with Crippen molar-refractivity contribution in [2.24, 2.45) is 0 Å². The molecule has 0 amide bonds. The van der Waals surface area contributed by atoms with Gasteiger partial charge in [-0.25, -0.2) is 0 Å². The van der Waals surface area contributed by atoms with Crippen molar-refractivity contribution in [1.29, 1.82) is 0 Å². The topological polar surface area (TPSA) is 37.3 Å². The van der Waals surface area contributed by atoms with Crippen LogP contribution in [0.5, 0.6) is 0 Å². The van der Waals surface area contributed by atoms with Gasteiger partial charge >= 0.3 is 5.97 Å². The van der Waals surface area contributed by atoms with Crippen molar-refractivity contribution in [2.75, 3.05) is 0 Å². The molecule has 3 heteroatoms. The molecular formula is C11H14O2S. The summed E-state index contributed by atoms with van der Waals surface area (Å²) < 4.78 is -0.721. The fourth-order valence-corrected chi connectivity index (χ4v) is 2.06. The summed E-state index contributed by atoms with van der Waals surface area (Å²) in [6, 6.07) is 9.62. The van der Waals surface area contributed by atoms with Crippen molar-refractivity contribution in [3.8, 4) is 0 Å². The number of rotatable bonds is 4. The number of carbonyl (C=O) groups is 1. The first-order valence-electron chi connectivity index (χ1n) is 4.56. The van der Waals surface area contributed by atoms with E-state index >= 15 is 0 Å². The average Bonchev–Trinajstić information content (AvgIpc) is 2.19. The van der Waals surface area contributed by atoms with E-state index in [4.69, 9.17) is 5.11 Å². The number of hydrogen-bond donors (Lipinski definition) is 1. The van der Waals surface area contributed by atoms with E-state index in [0.717, 1.165) is 4.90 Å². The van der Waals surface area contributed by atoms with Gasteiger partial charge in [-0.3, -0.25) is 4.79 Å². The molecule has 0 aromatic heterocycles. The Kier molecular flexibility index (Phi) is 3.58. The van der Waals surface area contributed by atoms with Crippen LogP contribution in [0.15, 0.2) is 35.2 Å². The third kappa shape index (κ3) is 2.51. The summed E-state index contributed by atoms with van der Waals surface area (Å²) in [5, 5.41) is 9.07. The van der Waals surface area contributed by atoms with Gasteiger partial charge in [0.15, 0.2) is 0 Å². The number of hydrogen-bond acceptors (Lipinski definition) is 2. The van der Waals surface area contributed by atoms with Gasteiger partial charge in [0, 0.05) is 4.90 Å². The number of carboxylic acid groups (broad SMARTS) is 1. The molecule has 1 atom stereocenters. The van der Waals surface area contributed by atoms with Crippen molar-refractivity contribution in [3.05, 3.63) is 30.3 Å². The van der Waals surface area contributed by atoms with Crippen LogP contribution in [-0.2, 0) is 4.79 Å². The summed E-state index contributed by atoms with van der Waals surface area (Å²) in [5.74, 6) is -0.756. The smallest absolute Gasteiger partial charge is 0.319 e. The summed E-state index contributed by atoms with van der Waals surface area (Å²) in [6.45, 7) is 3.65. The molecule has 0 fully saturated rings. The van der Waals surface area contributed by atoms with E-state index in [1.54, 1.807) is 6.92 Å². The van der Waals surface area contributed by atoms with Gasteiger partial charge in [0.1, 0.15) is 4.75 Å². The maximum atomic E-state index is 11.0. The molecule has 0 aliphatic rings. The highest BCUT2D eigenvalue weighted by atomic mass is 32.2. The Balaban J connectivity index is 2.81. The van der Waals surface area contributed by atoms with Crippen molar-refractivity contribution in [3.63, 3.8) is 0 Å². The predicted octanol–water partition coefficient (Wildman–Crippen LogP) is 3.03. The second kappa shape index (κ2) is 4.51. The molecule has 1 aromatic carbocycles.